The van der Waals surface area contributed by atoms with Crippen molar-refractivity contribution in [2.45, 2.75) is 58.1 Å². The van der Waals surface area contributed by atoms with Gasteiger partial charge in [0.1, 0.15) is 0 Å². The summed E-state index contributed by atoms with van der Waals surface area (Å²) in [4.78, 5) is 0. The standard InChI is InChI=1S/C11H23NO/c1-11(2,3)12-8-5-9-13-10-6-4-7-10/h10,12H,4-9H2,1-3H3. The van der Waals surface area contributed by atoms with Crippen LogP contribution < -0.4 is 5.32 Å². The van der Waals surface area contributed by atoms with Crippen molar-refractivity contribution in [1.29, 1.82) is 0 Å². The van der Waals surface area contributed by atoms with E-state index in [4.69, 9.17) is 4.74 Å². The average molecular weight is 185 g/mol. The van der Waals surface area contributed by atoms with Crippen LogP contribution in [-0.4, -0.2) is 24.8 Å². The zero-order valence-corrected chi connectivity index (χ0v) is 9.23. The van der Waals surface area contributed by atoms with Crippen molar-refractivity contribution in [3.63, 3.8) is 0 Å². The Morgan fingerprint density at radius 2 is 2.00 bits per heavy atom. The summed E-state index contributed by atoms with van der Waals surface area (Å²) in [5, 5.41) is 3.45. The molecule has 0 aliphatic heterocycles. The van der Waals surface area contributed by atoms with Crippen molar-refractivity contribution in [2.75, 3.05) is 13.2 Å². The van der Waals surface area contributed by atoms with E-state index in [-0.39, 0.29) is 5.54 Å². The zero-order valence-electron chi connectivity index (χ0n) is 9.23. The van der Waals surface area contributed by atoms with Crippen LogP contribution in [0, 0.1) is 0 Å². The highest BCUT2D eigenvalue weighted by molar-refractivity contribution is 4.71. The predicted octanol–water partition coefficient (Wildman–Crippen LogP) is 2.33. The molecule has 0 aromatic rings. The summed E-state index contributed by atoms with van der Waals surface area (Å²) in [6.45, 7) is 8.57. The van der Waals surface area contributed by atoms with Crippen LogP contribution >= 0.6 is 0 Å². The van der Waals surface area contributed by atoms with Crippen LogP contribution in [0.25, 0.3) is 0 Å². The lowest BCUT2D eigenvalue weighted by Gasteiger charge is -2.26. The van der Waals surface area contributed by atoms with Crippen LogP contribution in [0.1, 0.15) is 46.5 Å². The average Bonchev–Trinajstić information content (AvgIpc) is 1.90. The third-order valence-electron chi connectivity index (χ3n) is 2.38. The Bertz CT molecular complexity index is 136. The second kappa shape index (κ2) is 4.97. The molecule has 2 heteroatoms. The molecule has 0 atom stereocenters. The first-order valence-electron chi connectivity index (χ1n) is 5.44. The first-order chi connectivity index (χ1) is 6.08. The molecule has 78 valence electrons. The van der Waals surface area contributed by atoms with Crippen LogP contribution in [0.15, 0.2) is 0 Å². The maximum Gasteiger partial charge on any atom is 0.0575 e. The number of ether oxygens (including phenoxy) is 1. The van der Waals surface area contributed by atoms with Crippen LogP contribution in [0.5, 0.6) is 0 Å². The van der Waals surface area contributed by atoms with Crippen molar-refractivity contribution >= 4 is 0 Å². The van der Waals surface area contributed by atoms with Gasteiger partial charge in [0.25, 0.3) is 0 Å². The molecule has 0 heterocycles. The highest BCUT2D eigenvalue weighted by atomic mass is 16.5. The van der Waals surface area contributed by atoms with Gasteiger partial charge in [-0.05, 0) is 53.0 Å². The number of rotatable bonds is 5. The maximum absolute atomic E-state index is 5.65. The van der Waals surface area contributed by atoms with E-state index in [1.54, 1.807) is 0 Å². The lowest BCUT2D eigenvalue weighted by molar-refractivity contribution is 0.00115. The molecule has 0 unspecified atom stereocenters. The summed E-state index contributed by atoms with van der Waals surface area (Å²) < 4.78 is 5.65. The Hall–Kier alpha value is -0.0800. The largest absolute Gasteiger partial charge is 0.378 e. The van der Waals surface area contributed by atoms with Crippen molar-refractivity contribution in [3.05, 3.63) is 0 Å². The van der Waals surface area contributed by atoms with E-state index in [1.165, 1.54) is 19.3 Å². The van der Waals surface area contributed by atoms with Crippen molar-refractivity contribution in [2.24, 2.45) is 0 Å². The predicted molar refractivity (Wildman–Crippen MR) is 56.0 cm³/mol. The molecule has 1 N–H and O–H groups in total. The summed E-state index contributed by atoms with van der Waals surface area (Å²) in [7, 11) is 0. The highest BCUT2D eigenvalue weighted by Gasteiger charge is 2.17. The number of nitrogens with one attached hydrogen (secondary N) is 1. The van der Waals surface area contributed by atoms with Gasteiger partial charge in [-0.2, -0.15) is 0 Å². The second-order valence-corrected chi connectivity index (χ2v) is 4.95. The van der Waals surface area contributed by atoms with Crippen LogP contribution in [0.3, 0.4) is 0 Å². The van der Waals surface area contributed by atoms with E-state index >= 15 is 0 Å². The fourth-order valence-corrected chi connectivity index (χ4v) is 1.32. The number of hydrogen-bond acceptors (Lipinski definition) is 2. The fourth-order valence-electron chi connectivity index (χ4n) is 1.32. The fraction of sp³-hybridized carbons (Fsp3) is 1.00. The summed E-state index contributed by atoms with van der Waals surface area (Å²) in [5.74, 6) is 0. The van der Waals surface area contributed by atoms with Gasteiger partial charge in [-0.1, -0.05) is 0 Å². The second-order valence-electron chi connectivity index (χ2n) is 4.95. The van der Waals surface area contributed by atoms with Gasteiger partial charge in [-0.15, -0.1) is 0 Å². The molecule has 0 saturated heterocycles. The maximum atomic E-state index is 5.65. The molecule has 1 fully saturated rings. The molecule has 1 aliphatic rings. The molecular formula is C11H23NO. The SMILES string of the molecule is CC(C)(C)NCCCOC1CCC1. The minimum atomic E-state index is 0.246. The lowest BCUT2D eigenvalue weighted by Crippen LogP contribution is -2.37. The zero-order chi connectivity index (χ0) is 9.73. The van der Waals surface area contributed by atoms with Gasteiger partial charge in [0.15, 0.2) is 0 Å². The number of hydrogen-bond donors (Lipinski definition) is 1. The van der Waals surface area contributed by atoms with Crippen LogP contribution in [0.4, 0.5) is 0 Å². The van der Waals surface area contributed by atoms with Crippen LogP contribution in [-0.2, 0) is 4.74 Å². The van der Waals surface area contributed by atoms with E-state index in [9.17, 15) is 0 Å². The highest BCUT2D eigenvalue weighted by Crippen LogP contribution is 2.21. The molecule has 1 saturated carbocycles. The summed E-state index contributed by atoms with van der Waals surface area (Å²) in [6, 6.07) is 0. The Labute approximate surface area is 82.0 Å². The van der Waals surface area contributed by atoms with Gasteiger partial charge < -0.3 is 10.1 Å². The summed E-state index contributed by atoms with van der Waals surface area (Å²) in [6.07, 6.45) is 5.66. The molecule has 2 nitrogen and oxygen atoms in total. The molecule has 0 amide bonds. The van der Waals surface area contributed by atoms with E-state index < -0.39 is 0 Å². The van der Waals surface area contributed by atoms with Crippen molar-refractivity contribution < 1.29 is 4.74 Å². The quantitative estimate of drug-likeness (QED) is 0.664. The van der Waals surface area contributed by atoms with Crippen LogP contribution in [0.2, 0.25) is 0 Å². The van der Waals surface area contributed by atoms with E-state index in [2.05, 4.69) is 26.1 Å². The van der Waals surface area contributed by atoms with E-state index in [0.717, 1.165) is 19.6 Å². The third-order valence-corrected chi connectivity index (χ3v) is 2.38. The first-order valence-corrected chi connectivity index (χ1v) is 5.44. The van der Waals surface area contributed by atoms with Crippen molar-refractivity contribution in [1.82, 2.24) is 5.32 Å². The minimum Gasteiger partial charge on any atom is -0.378 e. The minimum absolute atomic E-state index is 0.246. The normalized spacial score (nSPS) is 18.7. The van der Waals surface area contributed by atoms with Gasteiger partial charge >= 0.3 is 0 Å². The molecule has 1 rings (SSSR count). The Balaban J connectivity index is 1.83. The molecule has 0 aromatic heterocycles. The molecule has 13 heavy (non-hydrogen) atoms. The van der Waals surface area contributed by atoms with E-state index in [0.29, 0.717) is 6.10 Å². The van der Waals surface area contributed by atoms with Gasteiger partial charge in [0, 0.05) is 12.1 Å². The van der Waals surface area contributed by atoms with Crippen molar-refractivity contribution in [3.8, 4) is 0 Å². The summed E-state index contributed by atoms with van der Waals surface area (Å²) >= 11 is 0. The van der Waals surface area contributed by atoms with E-state index in [1.807, 2.05) is 0 Å². The smallest absolute Gasteiger partial charge is 0.0575 e. The Morgan fingerprint density at radius 3 is 2.46 bits per heavy atom. The third kappa shape index (κ3) is 5.27. The van der Waals surface area contributed by atoms with Gasteiger partial charge in [-0.25, -0.2) is 0 Å². The Morgan fingerprint density at radius 1 is 1.31 bits per heavy atom. The monoisotopic (exact) mass is 185 g/mol. The molecule has 0 spiro atoms. The van der Waals surface area contributed by atoms with Gasteiger partial charge in [0.05, 0.1) is 6.10 Å². The topological polar surface area (TPSA) is 21.3 Å². The molecule has 0 bridgehead atoms. The molecule has 0 radical (unpaired) electrons. The first kappa shape index (κ1) is 11.0. The molecule has 0 aromatic carbocycles. The molecular weight excluding hydrogens is 162 g/mol. The van der Waals surface area contributed by atoms with Gasteiger partial charge in [0.2, 0.25) is 0 Å². The van der Waals surface area contributed by atoms with Gasteiger partial charge in [-0.3, -0.25) is 0 Å². The summed E-state index contributed by atoms with van der Waals surface area (Å²) in [5.41, 5.74) is 0.246. The Kier molecular flexibility index (Phi) is 4.20. The molecule has 1 aliphatic carbocycles. The lowest BCUT2D eigenvalue weighted by atomic mass is 9.96.